The SMILES string of the molecule is COc1cccc(N=Nc2c(N)[nH]n3c(=O)cc(-c4ccccc4)nc23)c1. The summed E-state index contributed by atoms with van der Waals surface area (Å²) in [6.07, 6.45) is 0. The number of aromatic nitrogens is 3. The highest BCUT2D eigenvalue weighted by atomic mass is 16.5. The Morgan fingerprint density at radius 1 is 1.07 bits per heavy atom. The lowest BCUT2D eigenvalue weighted by atomic mass is 10.1. The number of benzene rings is 2. The van der Waals surface area contributed by atoms with Gasteiger partial charge in [0.25, 0.3) is 5.56 Å². The summed E-state index contributed by atoms with van der Waals surface area (Å²) in [4.78, 5) is 17.0. The van der Waals surface area contributed by atoms with Gasteiger partial charge >= 0.3 is 0 Å². The zero-order valence-electron chi connectivity index (χ0n) is 14.5. The number of H-pyrrole nitrogens is 1. The van der Waals surface area contributed by atoms with Gasteiger partial charge in [-0.05, 0) is 12.1 Å². The molecule has 2 aromatic heterocycles. The first kappa shape index (κ1) is 16.5. The number of nitrogens with two attached hydrogens (primary N) is 1. The Bertz CT molecular complexity index is 1190. The molecule has 134 valence electrons. The first-order valence-electron chi connectivity index (χ1n) is 8.18. The van der Waals surface area contributed by atoms with E-state index >= 15 is 0 Å². The number of hydrogen-bond donors (Lipinski definition) is 2. The molecule has 4 aromatic rings. The average Bonchev–Trinajstić information content (AvgIpc) is 3.03. The Morgan fingerprint density at radius 2 is 1.89 bits per heavy atom. The number of azo groups is 1. The Morgan fingerprint density at radius 3 is 2.67 bits per heavy atom. The third kappa shape index (κ3) is 3.15. The molecule has 4 rings (SSSR count). The number of hydrogen-bond acceptors (Lipinski definition) is 6. The molecule has 0 spiro atoms. The molecule has 0 unspecified atom stereocenters. The standard InChI is InChI=1S/C19H16N6O2/c1-27-14-9-5-8-13(10-14)22-23-17-18(20)24-25-16(26)11-15(21-19(17)25)12-6-3-2-4-7-12/h2-11,24H,20H2,1H3. The molecular weight excluding hydrogens is 344 g/mol. The molecule has 0 aliphatic rings. The molecule has 0 aliphatic heterocycles. The third-order valence-electron chi connectivity index (χ3n) is 4.01. The molecule has 0 fully saturated rings. The van der Waals surface area contributed by atoms with Crippen LogP contribution in [0.2, 0.25) is 0 Å². The van der Waals surface area contributed by atoms with Gasteiger partial charge in [0.2, 0.25) is 0 Å². The van der Waals surface area contributed by atoms with Crippen LogP contribution in [0.4, 0.5) is 17.2 Å². The smallest absolute Gasteiger partial charge is 0.273 e. The Labute approximate surface area is 153 Å². The van der Waals surface area contributed by atoms with Gasteiger partial charge in [-0.2, -0.15) is 9.63 Å². The molecular formula is C19H16N6O2. The predicted octanol–water partition coefficient (Wildman–Crippen LogP) is 3.70. The van der Waals surface area contributed by atoms with Crippen molar-refractivity contribution in [3.63, 3.8) is 0 Å². The quantitative estimate of drug-likeness (QED) is 0.541. The van der Waals surface area contributed by atoms with Crippen molar-refractivity contribution in [1.29, 1.82) is 0 Å². The Hall–Kier alpha value is -3.94. The number of nitrogen functional groups attached to an aromatic ring is 1. The van der Waals surface area contributed by atoms with E-state index in [0.717, 1.165) is 5.56 Å². The second-order valence-corrected chi connectivity index (χ2v) is 5.78. The fourth-order valence-corrected chi connectivity index (χ4v) is 2.68. The molecule has 0 aliphatic carbocycles. The Kier molecular flexibility index (Phi) is 4.13. The van der Waals surface area contributed by atoms with E-state index in [2.05, 4.69) is 20.3 Å². The van der Waals surface area contributed by atoms with Gasteiger partial charge in [-0.1, -0.05) is 36.4 Å². The van der Waals surface area contributed by atoms with E-state index < -0.39 is 0 Å². The lowest BCUT2D eigenvalue weighted by Gasteiger charge is -2.01. The zero-order chi connectivity index (χ0) is 18.8. The van der Waals surface area contributed by atoms with Crippen LogP contribution in [-0.2, 0) is 0 Å². The van der Waals surface area contributed by atoms with Crippen molar-refractivity contribution in [2.75, 3.05) is 12.8 Å². The molecule has 3 N–H and O–H groups in total. The van der Waals surface area contributed by atoms with Crippen molar-refractivity contribution in [2.24, 2.45) is 10.2 Å². The van der Waals surface area contributed by atoms with E-state index in [1.165, 1.54) is 10.6 Å². The summed E-state index contributed by atoms with van der Waals surface area (Å²) >= 11 is 0. The third-order valence-corrected chi connectivity index (χ3v) is 4.01. The summed E-state index contributed by atoms with van der Waals surface area (Å²) in [5.41, 5.74) is 8.28. The molecule has 2 aromatic carbocycles. The molecule has 0 saturated heterocycles. The lowest BCUT2D eigenvalue weighted by Crippen LogP contribution is -2.14. The fraction of sp³-hybridized carbons (Fsp3) is 0.0526. The van der Waals surface area contributed by atoms with Crippen LogP contribution in [0.3, 0.4) is 0 Å². The van der Waals surface area contributed by atoms with Crippen molar-refractivity contribution in [3.8, 4) is 17.0 Å². The van der Waals surface area contributed by atoms with Gasteiger partial charge in [-0.15, -0.1) is 5.11 Å². The van der Waals surface area contributed by atoms with E-state index in [9.17, 15) is 4.79 Å². The monoisotopic (exact) mass is 360 g/mol. The number of nitrogens with one attached hydrogen (secondary N) is 1. The van der Waals surface area contributed by atoms with Crippen LogP contribution in [0.1, 0.15) is 0 Å². The van der Waals surface area contributed by atoms with Crippen LogP contribution in [0.15, 0.2) is 75.7 Å². The summed E-state index contributed by atoms with van der Waals surface area (Å²) in [6.45, 7) is 0. The van der Waals surface area contributed by atoms with E-state index in [1.54, 1.807) is 19.2 Å². The predicted molar refractivity (Wildman–Crippen MR) is 103 cm³/mol. The zero-order valence-corrected chi connectivity index (χ0v) is 14.5. The summed E-state index contributed by atoms with van der Waals surface area (Å²) in [7, 11) is 1.58. The molecule has 27 heavy (non-hydrogen) atoms. The second-order valence-electron chi connectivity index (χ2n) is 5.78. The summed E-state index contributed by atoms with van der Waals surface area (Å²) in [5, 5.41) is 11.2. The minimum atomic E-state index is -0.284. The van der Waals surface area contributed by atoms with Gasteiger partial charge in [-0.25, -0.2) is 4.98 Å². The normalized spacial score (nSPS) is 11.3. The van der Waals surface area contributed by atoms with Gasteiger partial charge in [0, 0.05) is 17.7 Å². The number of anilines is 1. The maximum absolute atomic E-state index is 12.4. The van der Waals surface area contributed by atoms with E-state index in [1.807, 2.05) is 42.5 Å². The van der Waals surface area contributed by atoms with E-state index in [0.29, 0.717) is 28.5 Å². The number of aromatic amines is 1. The average molecular weight is 360 g/mol. The number of methoxy groups -OCH3 is 1. The largest absolute Gasteiger partial charge is 0.497 e. The van der Waals surface area contributed by atoms with Gasteiger partial charge in [0.05, 0.1) is 18.5 Å². The van der Waals surface area contributed by atoms with Crippen LogP contribution >= 0.6 is 0 Å². The molecule has 0 atom stereocenters. The van der Waals surface area contributed by atoms with Gasteiger partial charge in [0.1, 0.15) is 11.6 Å². The van der Waals surface area contributed by atoms with Crippen molar-refractivity contribution in [2.45, 2.75) is 0 Å². The van der Waals surface area contributed by atoms with Crippen LogP contribution in [0, 0.1) is 0 Å². The molecule has 0 radical (unpaired) electrons. The molecule has 0 amide bonds. The van der Waals surface area contributed by atoms with E-state index in [-0.39, 0.29) is 11.4 Å². The summed E-state index contributed by atoms with van der Waals surface area (Å²) < 4.78 is 6.43. The second kappa shape index (κ2) is 6.75. The van der Waals surface area contributed by atoms with Crippen molar-refractivity contribution >= 4 is 22.8 Å². The first-order chi connectivity index (χ1) is 13.2. The van der Waals surface area contributed by atoms with Crippen LogP contribution in [-0.4, -0.2) is 21.7 Å². The maximum atomic E-state index is 12.4. The van der Waals surface area contributed by atoms with Gasteiger partial charge in [-0.3, -0.25) is 9.89 Å². The highest BCUT2D eigenvalue weighted by Crippen LogP contribution is 2.29. The lowest BCUT2D eigenvalue weighted by molar-refractivity contribution is 0.415. The number of ether oxygens (including phenoxy) is 1. The molecule has 8 heteroatoms. The van der Waals surface area contributed by atoms with Crippen LogP contribution in [0.5, 0.6) is 5.75 Å². The van der Waals surface area contributed by atoms with Crippen molar-refractivity contribution < 1.29 is 4.74 Å². The van der Waals surface area contributed by atoms with Crippen LogP contribution < -0.4 is 16.0 Å². The summed E-state index contributed by atoms with van der Waals surface area (Å²) in [5.74, 6) is 0.871. The maximum Gasteiger partial charge on any atom is 0.273 e. The minimum Gasteiger partial charge on any atom is -0.497 e. The topological polar surface area (TPSA) is 110 Å². The van der Waals surface area contributed by atoms with E-state index in [4.69, 9.17) is 10.5 Å². The molecule has 0 saturated carbocycles. The van der Waals surface area contributed by atoms with Crippen molar-refractivity contribution in [1.82, 2.24) is 14.6 Å². The van der Waals surface area contributed by atoms with Gasteiger partial charge in [0.15, 0.2) is 11.3 Å². The minimum absolute atomic E-state index is 0.205. The number of nitrogens with zero attached hydrogens (tertiary/aromatic N) is 4. The fourth-order valence-electron chi connectivity index (χ4n) is 2.68. The molecule has 2 heterocycles. The van der Waals surface area contributed by atoms with Crippen LogP contribution in [0.25, 0.3) is 16.9 Å². The first-order valence-corrected chi connectivity index (χ1v) is 8.18. The number of rotatable bonds is 4. The van der Waals surface area contributed by atoms with Gasteiger partial charge < -0.3 is 10.5 Å². The molecule has 0 bridgehead atoms. The summed E-state index contributed by atoms with van der Waals surface area (Å²) in [6, 6.07) is 18.0. The Balaban J connectivity index is 1.83. The highest BCUT2D eigenvalue weighted by Gasteiger charge is 2.14. The molecule has 8 nitrogen and oxygen atoms in total. The highest BCUT2D eigenvalue weighted by molar-refractivity contribution is 5.77. The van der Waals surface area contributed by atoms with Crippen molar-refractivity contribution in [3.05, 3.63) is 71.0 Å². The number of fused-ring (bicyclic) bond motifs is 1.